The van der Waals surface area contributed by atoms with Crippen LogP contribution in [0, 0.1) is 13.8 Å². The van der Waals surface area contributed by atoms with Crippen molar-refractivity contribution in [1.29, 1.82) is 0 Å². The number of nitrogens with one attached hydrogen (secondary N) is 2. The zero-order valence-electron chi connectivity index (χ0n) is 15.2. The number of anilines is 1. The topological polar surface area (TPSA) is 107 Å². The fourth-order valence-electron chi connectivity index (χ4n) is 2.64. The maximum atomic E-state index is 12.7. The van der Waals surface area contributed by atoms with E-state index in [4.69, 9.17) is 9.47 Å². The van der Waals surface area contributed by atoms with E-state index in [9.17, 15) is 13.2 Å². The fourth-order valence-corrected chi connectivity index (χ4v) is 4.73. The van der Waals surface area contributed by atoms with Gasteiger partial charge in [0.2, 0.25) is 10.0 Å². The Morgan fingerprint density at radius 1 is 1.37 bits per heavy atom. The number of ether oxygens (including phenoxy) is 2. The van der Waals surface area contributed by atoms with Crippen LogP contribution in [0.15, 0.2) is 23.1 Å². The normalized spacial score (nSPS) is 17.1. The summed E-state index contributed by atoms with van der Waals surface area (Å²) in [6.45, 7) is 4.63. The Bertz CT molecular complexity index is 930. The minimum atomic E-state index is -3.78. The number of thiazole rings is 1. The van der Waals surface area contributed by atoms with Gasteiger partial charge in [0.1, 0.15) is 5.75 Å². The van der Waals surface area contributed by atoms with E-state index in [0.29, 0.717) is 24.8 Å². The second-order valence-electron chi connectivity index (χ2n) is 6.16. The molecule has 0 radical (unpaired) electrons. The van der Waals surface area contributed by atoms with Gasteiger partial charge in [-0.25, -0.2) is 18.1 Å². The Hall–Kier alpha value is -2.01. The van der Waals surface area contributed by atoms with E-state index >= 15 is 0 Å². The summed E-state index contributed by atoms with van der Waals surface area (Å²) in [6, 6.07) is 3.91. The van der Waals surface area contributed by atoms with Gasteiger partial charge in [0.05, 0.1) is 29.9 Å². The van der Waals surface area contributed by atoms with E-state index in [1.54, 1.807) is 0 Å². The lowest BCUT2D eigenvalue weighted by Crippen LogP contribution is -2.35. The molecule has 1 unspecified atom stereocenters. The summed E-state index contributed by atoms with van der Waals surface area (Å²) in [4.78, 5) is 17.9. The first-order chi connectivity index (χ1) is 12.8. The Morgan fingerprint density at radius 2 is 2.15 bits per heavy atom. The first-order valence-electron chi connectivity index (χ1n) is 8.33. The lowest BCUT2D eigenvalue weighted by Gasteiger charge is -2.14. The quantitative estimate of drug-likeness (QED) is 0.754. The molecule has 10 heteroatoms. The first kappa shape index (κ1) is 19.7. The average Bonchev–Trinajstić information content (AvgIpc) is 3.23. The van der Waals surface area contributed by atoms with E-state index in [2.05, 4.69) is 15.0 Å². The highest BCUT2D eigenvalue weighted by Gasteiger charge is 2.25. The number of hydrogen-bond acceptors (Lipinski definition) is 7. The van der Waals surface area contributed by atoms with Crippen LogP contribution in [0.3, 0.4) is 0 Å². The molecule has 2 heterocycles. The van der Waals surface area contributed by atoms with Crippen molar-refractivity contribution in [3.05, 3.63) is 34.3 Å². The summed E-state index contributed by atoms with van der Waals surface area (Å²) < 4.78 is 38.3. The summed E-state index contributed by atoms with van der Waals surface area (Å²) in [7, 11) is -2.36. The number of carbonyl (C=O) groups excluding carboxylic acids is 1. The minimum Gasteiger partial charge on any atom is -0.496 e. The molecule has 1 aliphatic rings. The van der Waals surface area contributed by atoms with Gasteiger partial charge in [0.25, 0.3) is 5.91 Å². The number of methoxy groups -OCH3 is 1. The van der Waals surface area contributed by atoms with Gasteiger partial charge in [-0.1, -0.05) is 0 Å². The van der Waals surface area contributed by atoms with Crippen molar-refractivity contribution in [2.75, 3.05) is 25.6 Å². The van der Waals surface area contributed by atoms with Gasteiger partial charge < -0.3 is 9.47 Å². The highest BCUT2D eigenvalue weighted by molar-refractivity contribution is 7.89. The molecule has 0 spiro atoms. The summed E-state index contributed by atoms with van der Waals surface area (Å²) in [6.07, 6.45) is 0.617. The van der Waals surface area contributed by atoms with E-state index in [1.165, 1.54) is 36.6 Å². The van der Waals surface area contributed by atoms with E-state index in [0.717, 1.165) is 10.6 Å². The van der Waals surface area contributed by atoms with E-state index in [1.807, 2.05) is 13.8 Å². The number of sulfonamides is 1. The third kappa shape index (κ3) is 4.46. The van der Waals surface area contributed by atoms with Gasteiger partial charge in [-0.05, 0) is 38.5 Å². The number of carbonyl (C=O) groups is 1. The SMILES string of the molecule is COc1ccc(S(=O)(=O)NC2CCOC2)cc1C(=O)Nc1nc(C)c(C)s1. The van der Waals surface area contributed by atoms with Crippen molar-refractivity contribution in [3.63, 3.8) is 0 Å². The van der Waals surface area contributed by atoms with Crippen molar-refractivity contribution in [1.82, 2.24) is 9.71 Å². The summed E-state index contributed by atoms with van der Waals surface area (Å²) in [5, 5.41) is 3.15. The van der Waals surface area contributed by atoms with Crippen LogP contribution in [0.5, 0.6) is 5.75 Å². The third-order valence-electron chi connectivity index (χ3n) is 4.23. The molecular formula is C17H21N3O5S2. The average molecular weight is 412 g/mol. The molecule has 1 fully saturated rings. The first-order valence-corrected chi connectivity index (χ1v) is 10.6. The number of rotatable bonds is 6. The molecule has 3 rings (SSSR count). The monoisotopic (exact) mass is 411 g/mol. The van der Waals surface area contributed by atoms with Crippen LogP contribution in [0.25, 0.3) is 0 Å². The predicted octanol–water partition coefficient (Wildman–Crippen LogP) is 2.09. The molecule has 2 aromatic rings. The van der Waals surface area contributed by atoms with Gasteiger partial charge in [-0.3, -0.25) is 10.1 Å². The molecule has 1 saturated heterocycles. The second-order valence-corrected chi connectivity index (χ2v) is 9.08. The molecule has 8 nitrogen and oxygen atoms in total. The highest BCUT2D eigenvalue weighted by atomic mass is 32.2. The molecule has 1 aliphatic heterocycles. The summed E-state index contributed by atoms with van der Waals surface area (Å²) in [5.74, 6) is -0.206. The van der Waals surface area contributed by atoms with Crippen molar-refractivity contribution in [3.8, 4) is 5.75 Å². The zero-order valence-corrected chi connectivity index (χ0v) is 16.9. The number of nitrogens with zero attached hydrogens (tertiary/aromatic N) is 1. The Labute approximate surface area is 162 Å². The van der Waals surface area contributed by atoms with Crippen LogP contribution in [0.4, 0.5) is 5.13 Å². The van der Waals surface area contributed by atoms with E-state index < -0.39 is 15.9 Å². The Morgan fingerprint density at radius 3 is 2.74 bits per heavy atom. The molecule has 0 aliphatic carbocycles. The molecule has 1 amide bonds. The number of amides is 1. The molecule has 146 valence electrons. The smallest absolute Gasteiger partial charge is 0.261 e. The van der Waals surface area contributed by atoms with Gasteiger partial charge in [0.15, 0.2) is 5.13 Å². The van der Waals surface area contributed by atoms with Crippen LogP contribution in [0.2, 0.25) is 0 Å². The molecule has 27 heavy (non-hydrogen) atoms. The van der Waals surface area contributed by atoms with Crippen LogP contribution in [-0.2, 0) is 14.8 Å². The van der Waals surface area contributed by atoms with Crippen molar-refractivity contribution in [2.24, 2.45) is 0 Å². The van der Waals surface area contributed by atoms with Gasteiger partial charge >= 0.3 is 0 Å². The van der Waals surface area contributed by atoms with Crippen LogP contribution < -0.4 is 14.8 Å². The number of aromatic nitrogens is 1. The molecule has 1 aromatic carbocycles. The minimum absolute atomic E-state index is 0.00755. The molecule has 0 saturated carbocycles. The maximum Gasteiger partial charge on any atom is 0.261 e. The zero-order chi connectivity index (χ0) is 19.6. The van der Waals surface area contributed by atoms with Crippen molar-refractivity contribution >= 4 is 32.4 Å². The fraction of sp³-hybridized carbons (Fsp3) is 0.412. The van der Waals surface area contributed by atoms with Gasteiger partial charge in [0, 0.05) is 17.5 Å². The number of aryl methyl sites for hydroxylation is 2. The molecule has 1 atom stereocenters. The molecule has 1 aromatic heterocycles. The number of benzene rings is 1. The third-order valence-corrected chi connectivity index (χ3v) is 6.73. The maximum absolute atomic E-state index is 12.7. The Kier molecular flexibility index (Phi) is 5.80. The highest BCUT2D eigenvalue weighted by Crippen LogP contribution is 2.26. The van der Waals surface area contributed by atoms with Gasteiger partial charge in [-0.15, -0.1) is 11.3 Å². The van der Waals surface area contributed by atoms with E-state index in [-0.39, 0.29) is 22.3 Å². The van der Waals surface area contributed by atoms with Crippen LogP contribution in [-0.4, -0.2) is 45.7 Å². The lowest BCUT2D eigenvalue weighted by atomic mass is 10.2. The van der Waals surface area contributed by atoms with Crippen molar-refractivity contribution < 1.29 is 22.7 Å². The Balaban J connectivity index is 1.87. The van der Waals surface area contributed by atoms with Crippen molar-refractivity contribution in [2.45, 2.75) is 31.2 Å². The molecular weight excluding hydrogens is 390 g/mol. The largest absolute Gasteiger partial charge is 0.496 e. The summed E-state index contributed by atoms with van der Waals surface area (Å²) in [5.41, 5.74) is 0.954. The second kappa shape index (κ2) is 7.93. The van der Waals surface area contributed by atoms with Crippen LogP contribution >= 0.6 is 11.3 Å². The number of hydrogen-bond donors (Lipinski definition) is 2. The summed E-state index contributed by atoms with van der Waals surface area (Å²) >= 11 is 1.35. The molecule has 0 bridgehead atoms. The molecule has 2 N–H and O–H groups in total. The standard InChI is InChI=1S/C17H21N3O5S2/c1-10-11(2)26-17(18-10)19-16(21)14-8-13(4-5-15(14)24-3)27(22,23)20-12-6-7-25-9-12/h4-5,8,12,20H,6-7,9H2,1-3H3,(H,18,19,21). The van der Waals surface area contributed by atoms with Gasteiger partial charge in [-0.2, -0.15) is 0 Å². The predicted molar refractivity (Wildman–Crippen MR) is 102 cm³/mol. The lowest BCUT2D eigenvalue weighted by molar-refractivity contribution is 0.102. The van der Waals surface area contributed by atoms with Crippen LogP contribution in [0.1, 0.15) is 27.3 Å².